The van der Waals surface area contributed by atoms with Crippen molar-refractivity contribution in [2.24, 2.45) is 5.92 Å². The standard InChI is InChI=1S/C15H20N2O4S/c1-8-9(2)22-14(16-13(20)10-4-5-10)12(8)15(21)17(3)7-6-11(18)19/h10H,4-7H2,1-3H3,(H,16,20)(H,18,19). The van der Waals surface area contributed by atoms with Gasteiger partial charge < -0.3 is 15.3 Å². The number of nitrogens with one attached hydrogen (secondary N) is 1. The molecule has 1 aromatic heterocycles. The monoisotopic (exact) mass is 324 g/mol. The highest BCUT2D eigenvalue weighted by molar-refractivity contribution is 7.16. The van der Waals surface area contributed by atoms with E-state index in [0.717, 1.165) is 23.3 Å². The van der Waals surface area contributed by atoms with Crippen LogP contribution in [0, 0.1) is 19.8 Å². The van der Waals surface area contributed by atoms with Crippen molar-refractivity contribution in [1.29, 1.82) is 0 Å². The number of carboxylic acid groups (broad SMARTS) is 1. The SMILES string of the molecule is Cc1sc(NC(=O)C2CC2)c(C(=O)N(C)CCC(=O)O)c1C. The molecule has 1 aliphatic rings. The Bertz CT molecular complexity index is 619. The molecule has 1 heterocycles. The van der Waals surface area contributed by atoms with Crippen LogP contribution >= 0.6 is 11.3 Å². The molecule has 22 heavy (non-hydrogen) atoms. The van der Waals surface area contributed by atoms with E-state index in [1.807, 2.05) is 13.8 Å². The molecule has 1 fully saturated rings. The number of hydrogen-bond donors (Lipinski definition) is 2. The van der Waals surface area contributed by atoms with Crippen LogP contribution in [0.3, 0.4) is 0 Å². The Morgan fingerprint density at radius 2 is 1.95 bits per heavy atom. The summed E-state index contributed by atoms with van der Waals surface area (Å²) in [5.74, 6) is -1.17. The molecule has 1 aliphatic carbocycles. The smallest absolute Gasteiger partial charge is 0.305 e. The average molecular weight is 324 g/mol. The van der Waals surface area contributed by atoms with Crippen molar-refractivity contribution in [2.75, 3.05) is 18.9 Å². The predicted octanol–water partition coefficient (Wildman–Crippen LogP) is 2.26. The summed E-state index contributed by atoms with van der Waals surface area (Å²) in [6.07, 6.45) is 1.70. The van der Waals surface area contributed by atoms with Gasteiger partial charge in [-0.05, 0) is 32.3 Å². The molecule has 0 radical (unpaired) electrons. The van der Waals surface area contributed by atoms with Crippen LogP contribution in [0.15, 0.2) is 0 Å². The minimum absolute atomic E-state index is 0.0384. The van der Waals surface area contributed by atoms with E-state index >= 15 is 0 Å². The first-order valence-corrected chi connectivity index (χ1v) is 8.01. The van der Waals surface area contributed by atoms with Crippen LogP contribution in [-0.4, -0.2) is 41.4 Å². The third kappa shape index (κ3) is 3.65. The van der Waals surface area contributed by atoms with E-state index in [0.29, 0.717) is 10.6 Å². The summed E-state index contributed by atoms with van der Waals surface area (Å²) in [6, 6.07) is 0. The van der Waals surface area contributed by atoms with Gasteiger partial charge in [0.05, 0.1) is 12.0 Å². The number of carboxylic acids is 1. The van der Waals surface area contributed by atoms with Gasteiger partial charge in [-0.1, -0.05) is 0 Å². The van der Waals surface area contributed by atoms with Crippen molar-refractivity contribution in [3.8, 4) is 0 Å². The van der Waals surface area contributed by atoms with Gasteiger partial charge in [0.15, 0.2) is 0 Å². The zero-order valence-electron chi connectivity index (χ0n) is 12.9. The molecule has 0 aliphatic heterocycles. The van der Waals surface area contributed by atoms with Crippen LogP contribution in [0.4, 0.5) is 5.00 Å². The summed E-state index contributed by atoms with van der Waals surface area (Å²) in [4.78, 5) is 37.5. The fourth-order valence-electron chi connectivity index (χ4n) is 2.09. The van der Waals surface area contributed by atoms with Gasteiger partial charge in [0.1, 0.15) is 5.00 Å². The van der Waals surface area contributed by atoms with Gasteiger partial charge in [-0.2, -0.15) is 0 Å². The lowest BCUT2D eigenvalue weighted by molar-refractivity contribution is -0.137. The second-order valence-electron chi connectivity index (χ2n) is 5.62. The Morgan fingerprint density at radius 1 is 1.32 bits per heavy atom. The molecule has 0 aromatic carbocycles. The molecule has 0 atom stereocenters. The number of carbonyl (C=O) groups excluding carboxylic acids is 2. The van der Waals surface area contributed by atoms with Crippen molar-refractivity contribution < 1.29 is 19.5 Å². The van der Waals surface area contributed by atoms with Crippen molar-refractivity contribution in [3.63, 3.8) is 0 Å². The lowest BCUT2D eigenvalue weighted by atomic mass is 10.1. The molecule has 2 amide bonds. The number of nitrogens with zero attached hydrogens (tertiary/aromatic N) is 1. The average Bonchev–Trinajstić information content (AvgIpc) is 3.25. The van der Waals surface area contributed by atoms with Crippen LogP contribution in [0.5, 0.6) is 0 Å². The minimum atomic E-state index is -0.944. The van der Waals surface area contributed by atoms with Crippen LogP contribution in [0.25, 0.3) is 0 Å². The summed E-state index contributed by atoms with van der Waals surface area (Å²) < 4.78 is 0. The highest BCUT2D eigenvalue weighted by atomic mass is 32.1. The minimum Gasteiger partial charge on any atom is -0.481 e. The quantitative estimate of drug-likeness (QED) is 0.840. The number of amides is 2. The lowest BCUT2D eigenvalue weighted by Gasteiger charge is -2.17. The fourth-order valence-corrected chi connectivity index (χ4v) is 3.14. The maximum absolute atomic E-state index is 12.6. The Balaban J connectivity index is 2.18. The molecule has 1 aromatic rings. The molecule has 1 saturated carbocycles. The molecule has 0 saturated heterocycles. The normalized spacial score (nSPS) is 13.8. The van der Waals surface area contributed by atoms with Gasteiger partial charge in [0.2, 0.25) is 5.91 Å². The van der Waals surface area contributed by atoms with Gasteiger partial charge in [0.25, 0.3) is 5.91 Å². The Morgan fingerprint density at radius 3 is 2.50 bits per heavy atom. The lowest BCUT2D eigenvalue weighted by Crippen LogP contribution is -2.30. The highest BCUT2D eigenvalue weighted by Gasteiger charge is 2.31. The number of thiophene rings is 1. The van der Waals surface area contributed by atoms with Gasteiger partial charge in [-0.25, -0.2) is 0 Å². The summed E-state index contributed by atoms with van der Waals surface area (Å²) in [5.41, 5.74) is 1.31. The third-order valence-electron chi connectivity index (χ3n) is 3.79. The molecule has 0 bridgehead atoms. The van der Waals surface area contributed by atoms with E-state index in [2.05, 4.69) is 5.32 Å². The van der Waals surface area contributed by atoms with Crippen molar-refractivity contribution >= 4 is 34.1 Å². The predicted molar refractivity (Wildman–Crippen MR) is 84.4 cm³/mol. The van der Waals surface area contributed by atoms with E-state index in [4.69, 9.17) is 5.11 Å². The number of aliphatic carboxylic acids is 1. The Labute approximate surface area is 133 Å². The zero-order valence-corrected chi connectivity index (χ0v) is 13.7. The van der Waals surface area contributed by atoms with Gasteiger partial charge in [-0.3, -0.25) is 14.4 Å². The molecule has 2 rings (SSSR count). The van der Waals surface area contributed by atoms with Crippen LogP contribution in [-0.2, 0) is 9.59 Å². The Kier molecular flexibility index (Phi) is 4.85. The molecule has 2 N–H and O–H groups in total. The number of anilines is 1. The maximum atomic E-state index is 12.6. The summed E-state index contributed by atoms with van der Waals surface area (Å²) in [6.45, 7) is 3.89. The van der Waals surface area contributed by atoms with Crippen LogP contribution in [0.1, 0.15) is 40.1 Å². The molecular formula is C15H20N2O4S. The van der Waals surface area contributed by atoms with E-state index < -0.39 is 5.97 Å². The van der Waals surface area contributed by atoms with Crippen LogP contribution in [0.2, 0.25) is 0 Å². The van der Waals surface area contributed by atoms with Gasteiger partial charge >= 0.3 is 5.97 Å². The number of carbonyl (C=O) groups is 3. The largest absolute Gasteiger partial charge is 0.481 e. The fraction of sp³-hybridized carbons (Fsp3) is 0.533. The maximum Gasteiger partial charge on any atom is 0.305 e. The van der Waals surface area contributed by atoms with E-state index in [-0.39, 0.29) is 30.7 Å². The molecular weight excluding hydrogens is 304 g/mol. The summed E-state index contributed by atoms with van der Waals surface area (Å²) in [5, 5.41) is 12.1. The first kappa shape index (κ1) is 16.5. The first-order valence-electron chi connectivity index (χ1n) is 7.19. The van der Waals surface area contributed by atoms with E-state index in [9.17, 15) is 14.4 Å². The summed E-state index contributed by atoms with van der Waals surface area (Å²) in [7, 11) is 1.57. The molecule has 0 unspecified atom stereocenters. The zero-order chi connectivity index (χ0) is 16.4. The van der Waals surface area contributed by atoms with Crippen LogP contribution < -0.4 is 5.32 Å². The van der Waals surface area contributed by atoms with Gasteiger partial charge in [0, 0.05) is 24.4 Å². The topological polar surface area (TPSA) is 86.7 Å². The molecule has 7 heteroatoms. The van der Waals surface area contributed by atoms with Crippen molar-refractivity contribution in [1.82, 2.24) is 4.90 Å². The number of aryl methyl sites for hydroxylation is 1. The van der Waals surface area contributed by atoms with Gasteiger partial charge in [-0.15, -0.1) is 11.3 Å². The number of hydrogen-bond acceptors (Lipinski definition) is 4. The Hall–Kier alpha value is -1.89. The second-order valence-corrected chi connectivity index (χ2v) is 6.85. The molecule has 0 spiro atoms. The van der Waals surface area contributed by atoms with Crippen molar-refractivity contribution in [2.45, 2.75) is 33.1 Å². The molecule has 120 valence electrons. The third-order valence-corrected chi connectivity index (χ3v) is 4.91. The summed E-state index contributed by atoms with van der Waals surface area (Å²) >= 11 is 1.39. The first-order chi connectivity index (χ1) is 10.3. The highest BCUT2D eigenvalue weighted by Crippen LogP contribution is 2.36. The van der Waals surface area contributed by atoms with E-state index in [1.165, 1.54) is 16.2 Å². The molecule has 6 nitrogen and oxygen atoms in total. The van der Waals surface area contributed by atoms with E-state index in [1.54, 1.807) is 7.05 Å². The second kappa shape index (κ2) is 6.48. The van der Waals surface area contributed by atoms with Crippen molar-refractivity contribution in [3.05, 3.63) is 16.0 Å². The number of rotatable bonds is 6.